The van der Waals surface area contributed by atoms with Gasteiger partial charge in [-0.15, -0.1) is 0 Å². The minimum atomic E-state index is -0.381. The van der Waals surface area contributed by atoms with Gasteiger partial charge in [-0.1, -0.05) is 18.2 Å². The molecule has 0 aliphatic rings. The number of nitrogens with zero attached hydrogens (tertiary/aromatic N) is 5. The Kier molecular flexibility index (Phi) is 3.47. The summed E-state index contributed by atoms with van der Waals surface area (Å²) in [6, 6.07) is 9.97. The quantitative estimate of drug-likeness (QED) is 0.480. The highest BCUT2D eigenvalue weighted by atomic mass is 79.9. The molecule has 128 valence electrons. The van der Waals surface area contributed by atoms with Crippen LogP contribution in [-0.4, -0.2) is 23.3 Å². The van der Waals surface area contributed by atoms with Crippen molar-refractivity contribution in [2.75, 3.05) is 0 Å². The number of rotatable bonds is 2. The highest BCUT2D eigenvalue weighted by molar-refractivity contribution is 9.10. The molecule has 0 bridgehead atoms. The first-order valence-electron chi connectivity index (χ1n) is 7.75. The molecular weight excluding hydrogens is 386 g/mol. The third-order valence-electron chi connectivity index (χ3n) is 4.68. The van der Waals surface area contributed by atoms with Gasteiger partial charge in [0.1, 0.15) is 0 Å². The average molecular weight is 402 g/mol. The van der Waals surface area contributed by atoms with Gasteiger partial charge in [-0.05, 0) is 33.4 Å². The summed E-state index contributed by atoms with van der Waals surface area (Å²) in [4.78, 5) is 29.9. The summed E-state index contributed by atoms with van der Waals surface area (Å²) in [5.41, 5.74) is 2.00. The maximum absolute atomic E-state index is 12.9. The molecule has 0 atom stereocenters. The van der Waals surface area contributed by atoms with Gasteiger partial charge < -0.3 is 9.13 Å². The smallest absolute Gasteiger partial charge is 0.332 e. The lowest BCUT2D eigenvalue weighted by Crippen LogP contribution is -2.40. The molecule has 4 rings (SSSR count). The third kappa shape index (κ3) is 2.21. The number of imidazole rings is 1. The number of benzene rings is 1. The van der Waals surface area contributed by atoms with E-state index in [0.29, 0.717) is 15.9 Å². The molecule has 4 aromatic rings. The Morgan fingerprint density at radius 2 is 1.76 bits per heavy atom. The number of fused-ring (bicyclic) bond motifs is 2. The Hall–Kier alpha value is -2.61. The molecule has 0 fully saturated rings. The van der Waals surface area contributed by atoms with Gasteiger partial charge in [0.25, 0.3) is 5.56 Å². The molecule has 0 aliphatic carbocycles. The van der Waals surface area contributed by atoms with Crippen LogP contribution in [0.3, 0.4) is 0 Å². The fourth-order valence-corrected chi connectivity index (χ4v) is 3.56. The van der Waals surface area contributed by atoms with Crippen molar-refractivity contribution in [1.29, 1.82) is 0 Å². The zero-order chi connectivity index (χ0) is 17.9. The highest BCUT2D eigenvalue weighted by Gasteiger charge is 2.18. The second kappa shape index (κ2) is 5.45. The molecule has 3 heterocycles. The molecule has 8 heteroatoms. The summed E-state index contributed by atoms with van der Waals surface area (Å²) in [7, 11) is 5.31. The van der Waals surface area contributed by atoms with Crippen molar-refractivity contribution in [1.82, 2.24) is 23.3 Å². The van der Waals surface area contributed by atoms with Crippen LogP contribution in [0.5, 0.6) is 0 Å². The molecule has 0 saturated carbocycles. The van der Waals surface area contributed by atoms with E-state index in [9.17, 15) is 9.59 Å². The molecule has 25 heavy (non-hydrogen) atoms. The first kappa shape index (κ1) is 15.9. The first-order chi connectivity index (χ1) is 11.9. The van der Waals surface area contributed by atoms with Gasteiger partial charge in [-0.2, -0.15) is 0 Å². The van der Waals surface area contributed by atoms with Crippen molar-refractivity contribution >= 4 is 38.0 Å². The molecular formula is C17H16BrN5O2. The number of halogens is 1. The van der Waals surface area contributed by atoms with Gasteiger partial charge in [0.05, 0.1) is 6.54 Å². The lowest BCUT2D eigenvalue weighted by atomic mass is 10.2. The summed E-state index contributed by atoms with van der Waals surface area (Å²) >= 11 is 3.31. The van der Waals surface area contributed by atoms with Crippen LogP contribution in [0.2, 0.25) is 0 Å². The maximum Gasteiger partial charge on any atom is 0.332 e. The van der Waals surface area contributed by atoms with Gasteiger partial charge >= 0.3 is 5.69 Å². The normalized spacial score (nSPS) is 11.7. The van der Waals surface area contributed by atoms with Crippen molar-refractivity contribution in [2.24, 2.45) is 21.1 Å². The van der Waals surface area contributed by atoms with E-state index < -0.39 is 0 Å². The number of hydrogen-bond donors (Lipinski definition) is 0. The van der Waals surface area contributed by atoms with E-state index in [1.54, 1.807) is 18.7 Å². The number of aryl methyl sites for hydroxylation is 3. The van der Waals surface area contributed by atoms with Gasteiger partial charge in [0, 0.05) is 32.4 Å². The molecule has 0 amide bonds. The fraction of sp³-hybridized carbons (Fsp3) is 0.235. The highest BCUT2D eigenvalue weighted by Crippen LogP contribution is 2.19. The van der Waals surface area contributed by atoms with Crippen LogP contribution in [0.1, 0.15) is 5.69 Å². The van der Waals surface area contributed by atoms with Crippen LogP contribution in [0.15, 0.2) is 44.7 Å². The molecule has 0 unspecified atom stereocenters. The Morgan fingerprint density at radius 1 is 1.04 bits per heavy atom. The van der Waals surface area contributed by atoms with Crippen molar-refractivity contribution in [3.63, 3.8) is 0 Å². The Labute approximate surface area is 150 Å². The Balaban J connectivity index is 1.98. The minimum absolute atomic E-state index is 0.204. The zero-order valence-corrected chi connectivity index (χ0v) is 15.6. The molecule has 0 radical (unpaired) electrons. The second-order valence-corrected chi connectivity index (χ2v) is 6.81. The lowest BCUT2D eigenvalue weighted by molar-refractivity contribution is 0.632. The van der Waals surface area contributed by atoms with E-state index in [0.717, 1.165) is 16.6 Å². The molecule has 0 saturated heterocycles. The van der Waals surface area contributed by atoms with Gasteiger partial charge in [-0.25, -0.2) is 9.78 Å². The Bertz CT molecular complexity index is 1260. The van der Waals surface area contributed by atoms with Gasteiger partial charge in [-0.3, -0.25) is 13.9 Å². The van der Waals surface area contributed by atoms with Crippen LogP contribution in [0, 0.1) is 0 Å². The number of aromatic nitrogens is 5. The molecule has 0 N–H and O–H groups in total. The summed E-state index contributed by atoms with van der Waals surface area (Å²) in [6.45, 7) is 0.204. The van der Waals surface area contributed by atoms with Crippen LogP contribution in [0.4, 0.5) is 0 Å². The summed E-state index contributed by atoms with van der Waals surface area (Å²) in [5.74, 6) is 0. The number of para-hydroxylation sites is 1. The van der Waals surface area contributed by atoms with Crippen LogP contribution in [0.25, 0.3) is 22.1 Å². The standard InChI is InChI=1S/C17H16BrN5O2/c1-20-11(8-10-6-4-5-7-12(10)20)9-23-15(24)13-14(22(3)17(23)25)19-16(18)21(13)2/h4-8H,9H2,1-3H3. The van der Waals surface area contributed by atoms with Crippen molar-refractivity contribution in [3.8, 4) is 0 Å². The summed E-state index contributed by atoms with van der Waals surface area (Å²) < 4.78 is 6.83. The van der Waals surface area contributed by atoms with E-state index in [1.807, 2.05) is 41.9 Å². The monoisotopic (exact) mass is 401 g/mol. The van der Waals surface area contributed by atoms with E-state index >= 15 is 0 Å². The molecule has 0 aliphatic heterocycles. The van der Waals surface area contributed by atoms with Gasteiger partial charge in [0.15, 0.2) is 15.9 Å². The maximum atomic E-state index is 12.9. The second-order valence-electron chi connectivity index (χ2n) is 6.10. The van der Waals surface area contributed by atoms with Gasteiger partial charge in [0.2, 0.25) is 0 Å². The van der Waals surface area contributed by atoms with E-state index in [1.165, 1.54) is 9.13 Å². The largest absolute Gasteiger partial charge is 0.346 e. The predicted molar refractivity (Wildman–Crippen MR) is 99.9 cm³/mol. The summed E-state index contributed by atoms with van der Waals surface area (Å²) in [5, 5.41) is 1.08. The molecule has 3 aromatic heterocycles. The van der Waals surface area contributed by atoms with Crippen molar-refractivity contribution < 1.29 is 0 Å². The third-order valence-corrected chi connectivity index (χ3v) is 5.39. The zero-order valence-electron chi connectivity index (χ0n) is 14.0. The van der Waals surface area contributed by atoms with Crippen LogP contribution < -0.4 is 11.2 Å². The first-order valence-corrected chi connectivity index (χ1v) is 8.54. The van der Waals surface area contributed by atoms with Crippen LogP contribution in [-0.2, 0) is 27.7 Å². The van der Waals surface area contributed by atoms with E-state index in [4.69, 9.17) is 0 Å². The molecule has 0 spiro atoms. The average Bonchev–Trinajstić information content (AvgIpc) is 3.08. The van der Waals surface area contributed by atoms with Crippen molar-refractivity contribution in [3.05, 3.63) is 61.6 Å². The van der Waals surface area contributed by atoms with E-state index in [-0.39, 0.29) is 17.8 Å². The lowest BCUT2D eigenvalue weighted by Gasteiger charge is -2.09. The van der Waals surface area contributed by atoms with Crippen molar-refractivity contribution in [2.45, 2.75) is 6.54 Å². The number of hydrogen-bond acceptors (Lipinski definition) is 3. The Morgan fingerprint density at radius 3 is 2.48 bits per heavy atom. The van der Waals surface area contributed by atoms with Crippen LogP contribution >= 0.6 is 15.9 Å². The predicted octanol–water partition coefficient (Wildman–Crippen LogP) is 1.74. The molecule has 1 aromatic carbocycles. The fourth-order valence-electron chi connectivity index (χ4n) is 3.22. The minimum Gasteiger partial charge on any atom is -0.346 e. The van der Waals surface area contributed by atoms with E-state index in [2.05, 4.69) is 20.9 Å². The molecule has 7 nitrogen and oxygen atoms in total. The SMILES string of the molecule is Cn1c(Cn2c(=O)c3c(nc(Br)n3C)n(C)c2=O)cc2ccccc21. The summed E-state index contributed by atoms with van der Waals surface area (Å²) in [6.07, 6.45) is 0. The topological polar surface area (TPSA) is 66.8 Å².